The minimum absolute atomic E-state index is 0.0760. The predicted octanol–water partition coefficient (Wildman–Crippen LogP) is 4.10. The molecule has 0 aliphatic rings. The maximum absolute atomic E-state index is 12.7. The Morgan fingerprint density at radius 3 is 2.42 bits per heavy atom. The molecule has 114 valence electrons. The standard InChI is InChI=1S/C12H21ClF3NO2/c1-3-5-10(13)7-4-6-9(12(14,15)16)8-19-11(18)17-2/h9-10H,3-8H2,1-2H3,(H,17,18). The van der Waals surface area contributed by atoms with Crippen LogP contribution in [0.1, 0.15) is 39.0 Å². The number of halogens is 4. The van der Waals surface area contributed by atoms with Crippen LogP contribution in [0.25, 0.3) is 0 Å². The molecule has 0 heterocycles. The molecule has 0 spiro atoms. The Morgan fingerprint density at radius 2 is 1.95 bits per heavy atom. The Kier molecular flexibility index (Phi) is 8.97. The van der Waals surface area contributed by atoms with Crippen LogP contribution < -0.4 is 5.32 Å². The predicted molar refractivity (Wildman–Crippen MR) is 68.4 cm³/mol. The topological polar surface area (TPSA) is 38.3 Å². The summed E-state index contributed by atoms with van der Waals surface area (Å²) in [6.45, 7) is 1.33. The monoisotopic (exact) mass is 303 g/mol. The number of rotatable bonds is 8. The minimum atomic E-state index is -4.36. The highest BCUT2D eigenvalue weighted by Crippen LogP contribution is 2.31. The zero-order valence-corrected chi connectivity index (χ0v) is 12.0. The van der Waals surface area contributed by atoms with Crippen molar-refractivity contribution in [2.45, 2.75) is 50.6 Å². The number of carbonyl (C=O) groups excluding carboxylic acids is 1. The Hall–Kier alpha value is -0.650. The fraction of sp³-hybridized carbons (Fsp3) is 0.917. The van der Waals surface area contributed by atoms with Crippen LogP contribution in [0.5, 0.6) is 0 Å². The number of hydrogen-bond acceptors (Lipinski definition) is 2. The van der Waals surface area contributed by atoms with Crippen molar-refractivity contribution in [2.75, 3.05) is 13.7 Å². The second kappa shape index (κ2) is 9.28. The number of alkyl carbamates (subject to hydrolysis) is 1. The lowest BCUT2D eigenvalue weighted by Gasteiger charge is -2.20. The van der Waals surface area contributed by atoms with Crippen LogP contribution in [0.3, 0.4) is 0 Å². The Morgan fingerprint density at radius 1 is 1.32 bits per heavy atom. The van der Waals surface area contributed by atoms with Gasteiger partial charge in [0.1, 0.15) is 6.61 Å². The fourth-order valence-corrected chi connectivity index (χ4v) is 2.01. The second-order valence-electron chi connectivity index (χ2n) is 4.40. The van der Waals surface area contributed by atoms with E-state index in [9.17, 15) is 18.0 Å². The van der Waals surface area contributed by atoms with E-state index in [0.29, 0.717) is 12.8 Å². The number of carbonyl (C=O) groups is 1. The van der Waals surface area contributed by atoms with Crippen LogP contribution in [-0.2, 0) is 4.74 Å². The van der Waals surface area contributed by atoms with Crippen molar-refractivity contribution in [3.63, 3.8) is 0 Å². The van der Waals surface area contributed by atoms with E-state index in [0.717, 1.165) is 12.8 Å². The maximum Gasteiger partial charge on any atom is 0.406 e. The van der Waals surface area contributed by atoms with Gasteiger partial charge in [-0.1, -0.05) is 19.8 Å². The zero-order chi connectivity index (χ0) is 14.9. The van der Waals surface area contributed by atoms with E-state index in [1.165, 1.54) is 7.05 Å². The molecule has 0 aliphatic carbocycles. The molecule has 0 aromatic heterocycles. The van der Waals surface area contributed by atoms with Crippen molar-refractivity contribution in [1.82, 2.24) is 5.32 Å². The lowest BCUT2D eigenvalue weighted by molar-refractivity contribution is -0.185. The summed E-state index contributed by atoms with van der Waals surface area (Å²) >= 11 is 5.95. The first-order valence-electron chi connectivity index (χ1n) is 6.36. The third kappa shape index (κ3) is 8.97. The number of hydrogen-bond donors (Lipinski definition) is 1. The van der Waals surface area contributed by atoms with Crippen molar-refractivity contribution in [3.8, 4) is 0 Å². The van der Waals surface area contributed by atoms with Gasteiger partial charge in [0.15, 0.2) is 0 Å². The van der Waals surface area contributed by atoms with Crippen molar-refractivity contribution < 1.29 is 22.7 Å². The van der Waals surface area contributed by atoms with Crippen molar-refractivity contribution in [2.24, 2.45) is 5.92 Å². The molecule has 0 aliphatic heterocycles. The smallest absolute Gasteiger partial charge is 0.406 e. The average Bonchev–Trinajstić information content (AvgIpc) is 2.31. The summed E-state index contributed by atoms with van der Waals surface area (Å²) in [5.74, 6) is -1.63. The van der Waals surface area contributed by atoms with E-state index >= 15 is 0 Å². The molecular weight excluding hydrogens is 283 g/mol. The Bertz CT molecular complexity index is 262. The van der Waals surface area contributed by atoms with Crippen LogP contribution in [-0.4, -0.2) is 31.3 Å². The number of amides is 1. The van der Waals surface area contributed by atoms with Crippen molar-refractivity contribution in [1.29, 1.82) is 0 Å². The van der Waals surface area contributed by atoms with Gasteiger partial charge in [-0.05, 0) is 19.3 Å². The molecule has 0 rings (SSSR count). The lowest BCUT2D eigenvalue weighted by Crippen LogP contribution is -2.31. The van der Waals surface area contributed by atoms with Gasteiger partial charge in [0.05, 0.1) is 5.92 Å². The molecule has 0 saturated heterocycles. The molecule has 0 saturated carbocycles. The first-order valence-corrected chi connectivity index (χ1v) is 6.80. The van der Waals surface area contributed by atoms with E-state index < -0.39 is 24.8 Å². The van der Waals surface area contributed by atoms with Crippen LogP contribution in [0.4, 0.5) is 18.0 Å². The maximum atomic E-state index is 12.7. The van der Waals surface area contributed by atoms with Gasteiger partial charge in [0.2, 0.25) is 0 Å². The van der Waals surface area contributed by atoms with Gasteiger partial charge in [-0.3, -0.25) is 0 Å². The first kappa shape index (κ1) is 18.4. The largest absolute Gasteiger partial charge is 0.449 e. The van der Waals surface area contributed by atoms with Gasteiger partial charge < -0.3 is 10.1 Å². The van der Waals surface area contributed by atoms with E-state index in [1.54, 1.807) is 0 Å². The normalized spacial score (nSPS) is 14.8. The summed E-state index contributed by atoms with van der Waals surface area (Å²) in [6.07, 6.45) is -2.66. The summed E-state index contributed by atoms with van der Waals surface area (Å²) in [7, 11) is 1.30. The highest BCUT2D eigenvalue weighted by molar-refractivity contribution is 6.20. The molecule has 19 heavy (non-hydrogen) atoms. The quantitative estimate of drug-likeness (QED) is 0.686. The Balaban J connectivity index is 4.11. The van der Waals surface area contributed by atoms with Gasteiger partial charge in [0, 0.05) is 12.4 Å². The van der Waals surface area contributed by atoms with Crippen LogP contribution >= 0.6 is 11.6 Å². The number of ether oxygens (including phenoxy) is 1. The van der Waals surface area contributed by atoms with Gasteiger partial charge >= 0.3 is 12.3 Å². The fourth-order valence-electron chi connectivity index (χ4n) is 1.63. The van der Waals surface area contributed by atoms with Crippen molar-refractivity contribution >= 4 is 17.7 Å². The van der Waals surface area contributed by atoms with E-state index in [4.69, 9.17) is 11.6 Å². The molecule has 1 N–H and O–H groups in total. The molecule has 0 fully saturated rings. The summed E-state index contributed by atoms with van der Waals surface area (Å²) in [6, 6.07) is 0. The van der Waals surface area contributed by atoms with Crippen LogP contribution in [0.15, 0.2) is 0 Å². The van der Waals surface area contributed by atoms with E-state index in [-0.39, 0.29) is 11.8 Å². The summed E-state index contributed by atoms with van der Waals surface area (Å²) in [5, 5.41) is 2.03. The molecule has 7 heteroatoms. The first-order chi connectivity index (χ1) is 8.81. The summed E-state index contributed by atoms with van der Waals surface area (Å²) in [5.41, 5.74) is 0. The molecule has 2 atom stereocenters. The molecule has 0 bridgehead atoms. The molecule has 2 unspecified atom stereocenters. The number of nitrogens with one attached hydrogen (secondary N) is 1. The molecule has 0 aromatic rings. The lowest BCUT2D eigenvalue weighted by atomic mass is 10.0. The third-order valence-corrected chi connectivity index (χ3v) is 3.19. The van der Waals surface area contributed by atoms with Gasteiger partial charge in [0.25, 0.3) is 0 Å². The van der Waals surface area contributed by atoms with Crippen molar-refractivity contribution in [3.05, 3.63) is 0 Å². The number of alkyl halides is 4. The molecule has 0 radical (unpaired) electrons. The molecule has 1 amide bonds. The highest BCUT2D eigenvalue weighted by atomic mass is 35.5. The zero-order valence-electron chi connectivity index (χ0n) is 11.2. The summed E-state index contributed by atoms with van der Waals surface area (Å²) in [4.78, 5) is 10.8. The second-order valence-corrected chi connectivity index (χ2v) is 5.02. The minimum Gasteiger partial charge on any atom is -0.449 e. The van der Waals surface area contributed by atoms with Crippen LogP contribution in [0.2, 0.25) is 0 Å². The summed E-state index contributed by atoms with van der Waals surface area (Å²) < 4.78 is 42.6. The molecule has 3 nitrogen and oxygen atoms in total. The van der Waals surface area contributed by atoms with Crippen LogP contribution in [0, 0.1) is 5.92 Å². The van der Waals surface area contributed by atoms with Gasteiger partial charge in [-0.25, -0.2) is 4.79 Å². The van der Waals surface area contributed by atoms with Gasteiger partial charge in [-0.2, -0.15) is 13.2 Å². The third-order valence-electron chi connectivity index (χ3n) is 2.75. The molecular formula is C12H21ClF3NO2. The van der Waals surface area contributed by atoms with E-state index in [1.807, 2.05) is 6.92 Å². The molecule has 0 aromatic carbocycles. The SMILES string of the molecule is CCCC(Cl)CCCC(COC(=O)NC)C(F)(F)F. The Labute approximate surface area is 116 Å². The van der Waals surface area contributed by atoms with E-state index in [2.05, 4.69) is 10.1 Å². The average molecular weight is 304 g/mol. The highest BCUT2D eigenvalue weighted by Gasteiger charge is 2.39. The van der Waals surface area contributed by atoms with Gasteiger partial charge in [-0.15, -0.1) is 11.6 Å².